The van der Waals surface area contributed by atoms with Crippen LogP contribution in [0.3, 0.4) is 0 Å². The molecule has 0 unspecified atom stereocenters. The number of phenols is 1. The molecular formula is C7H7F3N2O2. The molecule has 0 aliphatic carbocycles. The summed E-state index contributed by atoms with van der Waals surface area (Å²) in [5, 5.41) is 8.98. The van der Waals surface area contributed by atoms with Crippen molar-refractivity contribution in [3.8, 4) is 11.5 Å². The lowest BCUT2D eigenvalue weighted by Gasteiger charge is -2.10. The van der Waals surface area contributed by atoms with Crippen molar-refractivity contribution in [1.29, 1.82) is 0 Å². The molecule has 4 N–H and O–H groups in total. The van der Waals surface area contributed by atoms with E-state index in [2.05, 4.69) is 10.2 Å². The van der Waals surface area contributed by atoms with Crippen molar-refractivity contribution in [3.05, 3.63) is 18.2 Å². The van der Waals surface area contributed by atoms with E-state index in [1.54, 1.807) is 0 Å². The molecule has 78 valence electrons. The molecule has 0 bridgehead atoms. The van der Waals surface area contributed by atoms with E-state index in [4.69, 9.17) is 10.9 Å². The van der Waals surface area contributed by atoms with E-state index in [1.807, 2.05) is 0 Å². The molecule has 0 fully saturated rings. The van der Waals surface area contributed by atoms with Gasteiger partial charge in [-0.1, -0.05) is 0 Å². The van der Waals surface area contributed by atoms with Crippen molar-refractivity contribution >= 4 is 5.69 Å². The van der Waals surface area contributed by atoms with Gasteiger partial charge in [-0.3, -0.25) is 5.84 Å². The molecule has 14 heavy (non-hydrogen) atoms. The Morgan fingerprint density at radius 2 is 1.93 bits per heavy atom. The van der Waals surface area contributed by atoms with Crippen LogP contribution >= 0.6 is 0 Å². The fourth-order valence-corrected chi connectivity index (χ4v) is 0.859. The molecule has 7 heteroatoms. The van der Waals surface area contributed by atoms with Crippen molar-refractivity contribution in [2.24, 2.45) is 5.84 Å². The number of hydrogen-bond donors (Lipinski definition) is 3. The lowest BCUT2D eigenvalue weighted by atomic mass is 10.3. The minimum atomic E-state index is -4.79. The quantitative estimate of drug-likeness (QED) is 0.509. The lowest BCUT2D eigenvalue weighted by Crippen LogP contribution is -2.17. The average Bonchev–Trinajstić information content (AvgIpc) is 1.99. The van der Waals surface area contributed by atoms with E-state index in [1.165, 1.54) is 0 Å². The second-order valence-corrected chi connectivity index (χ2v) is 2.41. The van der Waals surface area contributed by atoms with E-state index >= 15 is 0 Å². The molecule has 0 aromatic heterocycles. The molecule has 0 amide bonds. The third-order valence-electron chi connectivity index (χ3n) is 1.29. The Labute approximate surface area is 77.1 Å². The van der Waals surface area contributed by atoms with Crippen LogP contribution in [0, 0.1) is 0 Å². The highest BCUT2D eigenvalue weighted by Crippen LogP contribution is 2.29. The summed E-state index contributed by atoms with van der Waals surface area (Å²) < 4.78 is 38.8. The van der Waals surface area contributed by atoms with E-state index in [0.29, 0.717) is 0 Å². The number of halogens is 3. The first-order valence-electron chi connectivity index (χ1n) is 3.47. The number of ether oxygens (including phenoxy) is 1. The fourth-order valence-electron chi connectivity index (χ4n) is 0.859. The highest BCUT2D eigenvalue weighted by molar-refractivity contribution is 5.52. The number of hydrazine groups is 1. The number of nitrogen functional groups attached to an aromatic ring is 1. The van der Waals surface area contributed by atoms with Crippen molar-refractivity contribution < 1.29 is 23.0 Å². The monoisotopic (exact) mass is 208 g/mol. The number of alkyl halides is 3. The second-order valence-electron chi connectivity index (χ2n) is 2.41. The zero-order valence-corrected chi connectivity index (χ0v) is 6.80. The summed E-state index contributed by atoms with van der Waals surface area (Å²) in [6.07, 6.45) is -4.79. The third kappa shape index (κ3) is 3.02. The molecule has 0 atom stereocenters. The maximum absolute atomic E-state index is 11.8. The Balaban J connectivity index is 2.92. The first-order valence-corrected chi connectivity index (χ1v) is 3.47. The summed E-state index contributed by atoms with van der Waals surface area (Å²) in [5.74, 6) is 4.04. The molecule has 0 saturated heterocycles. The first-order chi connectivity index (χ1) is 6.40. The zero-order chi connectivity index (χ0) is 10.8. The topological polar surface area (TPSA) is 67.5 Å². The van der Waals surface area contributed by atoms with Gasteiger partial charge in [0.1, 0.15) is 11.5 Å². The number of rotatable bonds is 2. The standard InChI is InChI=1S/C7H7F3N2O2/c8-7(9,10)14-6-2-4(12-11)1-5(13)3-6/h1-3,12-13H,11H2. The Kier molecular flexibility index (Phi) is 2.70. The Morgan fingerprint density at radius 3 is 2.43 bits per heavy atom. The van der Waals surface area contributed by atoms with Crippen LogP contribution in [-0.4, -0.2) is 11.5 Å². The van der Waals surface area contributed by atoms with Gasteiger partial charge in [0.2, 0.25) is 0 Å². The van der Waals surface area contributed by atoms with Crippen molar-refractivity contribution in [1.82, 2.24) is 0 Å². The van der Waals surface area contributed by atoms with Gasteiger partial charge < -0.3 is 15.3 Å². The Hall–Kier alpha value is -1.63. The van der Waals surface area contributed by atoms with Crippen molar-refractivity contribution in [2.75, 3.05) is 5.43 Å². The van der Waals surface area contributed by atoms with Gasteiger partial charge in [0.15, 0.2) is 0 Å². The lowest BCUT2D eigenvalue weighted by molar-refractivity contribution is -0.274. The fraction of sp³-hybridized carbons (Fsp3) is 0.143. The Morgan fingerprint density at radius 1 is 1.29 bits per heavy atom. The summed E-state index contributed by atoms with van der Waals surface area (Å²) in [6.45, 7) is 0. The van der Waals surface area contributed by atoms with Crippen LogP contribution in [0.5, 0.6) is 11.5 Å². The van der Waals surface area contributed by atoms with Gasteiger partial charge in [0.25, 0.3) is 0 Å². The number of phenolic OH excluding ortho intramolecular Hbond substituents is 1. The molecule has 0 radical (unpaired) electrons. The highest BCUT2D eigenvalue weighted by atomic mass is 19.4. The van der Waals surface area contributed by atoms with Gasteiger partial charge >= 0.3 is 6.36 Å². The molecule has 0 aliphatic rings. The van der Waals surface area contributed by atoms with Gasteiger partial charge in [0.05, 0.1) is 5.69 Å². The zero-order valence-electron chi connectivity index (χ0n) is 6.80. The first kappa shape index (κ1) is 10.5. The molecular weight excluding hydrogens is 201 g/mol. The van der Waals surface area contributed by atoms with Crippen LogP contribution in [0.25, 0.3) is 0 Å². The maximum atomic E-state index is 11.8. The van der Waals surface area contributed by atoms with Gasteiger partial charge in [-0.2, -0.15) is 0 Å². The Bertz CT molecular complexity index is 327. The molecule has 1 aromatic rings. The summed E-state index contributed by atoms with van der Waals surface area (Å²) in [5.41, 5.74) is 2.20. The third-order valence-corrected chi connectivity index (χ3v) is 1.29. The van der Waals surface area contributed by atoms with E-state index in [9.17, 15) is 13.2 Å². The summed E-state index contributed by atoms with van der Waals surface area (Å²) >= 11 is 0. The van der Waals surface area contributed by atoms with Crippen LogP contribution in [0.4, 0.5) is 18.9 Å². The van der Waals surface area contributed by atoms with E-state index in [-0.39, 0.29) is 11.4 Å². The predicted octanol–water partition coefficient (Wildman–Crippen LogP) is 1.58. The minimum absolute atomic E-state index is 0.115. The normalized spacial score (nSPS) is 11.1. The minimum Gasteiger partial charge on any atom is -0.508 e. The molecule has 1 aromatic carbocycles. The van der Waals surface area contributed by atoms with Gasteiger partial charge in [-0.15, -0.1) is 13.2 Å². The van der Waals surface area contributed by atoms with Crippen LogP contribution in [0.15, 0.2) is 18.2 Å². The largest absolute Gasteiger partial charge is 0.573 e. The number of anilines is 1. The van der Waals surface area contributed by atoms with Crippen molar-refractivity contribution in [2.45, 2.75) is 6.36 Å². The van der Waals surface area contributed by atoms with E-state index < -0.39 is 12.1 Å². The molecule has 0 spiro atoms. The predicted molar refractivity (Wildman–Crippen MR) is 42.6 cm³/mol. The van der Waals surface area contributed by atoms with E-state index in [0.717, 1.165) is 18.2 Å². The van der Waals surface area contributed by atoms with Crippen LogP contribution in [-0.2, 0) is 0 Å². The summed E-state index contributed by atoms with van der Waals surface area (Å²) in [4.78, 5) is 0. The van der Waals surface area contributed by atoms with Crippen LogP contribution in [0.2, 0.25) is 0 Å². The molecule has 0 saturated carbocycles. The number of aromatic hydroxyl groups is 1. The smallest absolute Gasteiger partial charge is 0.508 e. The number of benzene rings is 1. The van der Waals surface area contributed by atoms with Gasteiger partial charge in [-0.25, -0.2) is 0 Å². The molecule has 4 nitrogen and oxygen atoms in total. The number of nitrogens with one attached hydrogen (secondary N) is 1. The van der Waals surface area contributed by atoms with Crippen LogP contribution < -0.4 is 16.0 Å². The van der Waals surface area contributed by atoms with Gasteiger partial charge in [0, 0.05) is 18.2 Å². The molecule has 0 aliphatic heterocycles. The SMILES string of the molecule is NNc1cc(O)cc(OC(F)(F)F)c1. The number of hydrogen-bond acceptors (Lipinski definition) is 4. The number of nitrogens with two attached hydrogens (primary N) is 1. The molecule has 0 heterocycles. The second kappa shape index (κ2) is 3.62. The summed E-state index contributed by atoms with van der Waals surface area (Å²) in [7, 11) is 0. The average molecular weight is 208 g/mol. The molecule has 1 rings (SSSR count). The highest BCUT2D eigenvalue weighted by Gasteiger charge is 2.31. The van der Waals surface area contributed by atoms with Crippen LogP contribution in [0.1, 0.15) is 0 Å². The van der Waals surface area contributed by atoms with Crippen molar-refractivity contribution in [3.63, 3.8) is 0 Å². The van der Waals surface area contributed by atoms with Gasteiger partial charge in [-0.05, 0) is 0 Å². The maximum Gasteiger partial charge on any atom is 0.573 e. The summed E-state index contributed by atoms with van der Waals surface area (Å²) in [6, 6.07) is 2.99.